The average molecular weight is 564 g/mol. The quantitative estimate of drug-likeness (QED) is 0.252. The van der Waals surface area contributed by atoms with E-state index in [0.29, 0.717) is 30.9 Å². The van der Waals surface area contributed by atoms with Crippen molar-refractivity contribution >= 4 is 34.7 Å². The van der Waals surface area contributed by atoms with E-state index in [1.165, 1.54) is 0 Å². The highest BCUT2D eigenvalue weighted by Gasteiger charge is 2.31. The van der Waals surface area contributed by atoms with Gasteiger partial charge in [0.2, 0.25) is 5.91 Å². The summed E-state index contributed by atoms with van der Waals surface area (Å²) in [5.41, 5.74) is 1.45. The number of aliphatic hydroxyl groups excluding tert-OH is 2. The van der Waals surface area contributed by atoms with E-state index in [0.717, 1.165) is 11.2 Å². The van der Waals surface area contributed by atoms with Crippen molar-refractivity contribution in [2.24, 2.45) is 13.0 Å². The number of aryl methyl sites for hydroxylation is 1. The molecule has 0 aliphatic heterocycles. The topological polar surface area (TPSA) is 155 Å². The smallest absolute Gasteiger partial charge is 0.408 e. The Kier molecular flexibility index (Phi) is 12.2. The second kappa shape index (κ2) is 14.8. The Hall–Kier alpha value is -3.38. The Morgan fingerprint density at radius 3 is 2.27 bits per heavy atom. The lowest BCUT2D eigenvalue weighted by molar-refractivity contribution is -0.148. The molecule has 0 fully saturated rings. The van der Waals surface area contributed by atoms with Crippen molar-refractivity contribution < 1.29 is 34.1 Å². The van der Waals surface area contributed by atoms with Gasteiger partial charge in [-0.1, -0.05) is 13.8 Å². The molecule has 224 valence electrons. The first kappa shape index (κ1) is 32.8. The van der Waals surface area contributed by atoms with Gasteiger partial charge in [-0.15, -0.1) is 0 Å². The number of aromatic nitrogens is 2. The molecule has 0 unspecified atom stereocenters. The number of hydrogen-bond acceptors (Lipinski definition) is 9. The minimum absolute atomic E-state index is 0.0276. The molecule has 0 saturated heterocycles. The fourth-order valence-electron chi connectivity index (χ4n) is 4.27. The maximum atomic E-state index is 13.5. The van der Waals surface area contributed by atoms with E-state index in [-0.39, 0.29) is 32.2 Å². The van der Waals surface area contributed by atoms with Crippen molar-refractivity contribution in [1.82, 2.24) is 20.2 Å². The molecule has 2 atom stereocenters. The lowest BCUT2D eigenvalue weighted by atomic mass is 10.0. The van der Waals surface area contributed by atoms with Crippen LogP contribution >= 0.6 is 0 Å². The lowest BCUT2D eigenvalue weighted by Crippen LogP contribution is -2.53. The van der Waals surface area contributed by atoms with Gasteiger partial charge in [0.15, 0.2) is 0 Å². The summed E-state index contributed by atoms with van der Waals surface area (Å²) >= 11 is 0. The summed E-state index contributed by atoms with van der Waals surface area (Å²) < 4.78 is 12.4. The Labute approximate surface area is 236 Å². The first-order valence-electron chi connectivity index (χ1n) is 13.7. The first-order chi connectivity index (χ1) is 18.8. The Morgan fingerprint density at radius 2 is 1.73 bits per heavy atom. The van der Waals surface area contributed by atoms with Crippen LogP contribution in [0.15, 0.2) is 18.2 Å². The van der Waals surface area contributed by atoms with Crippen LogP contribution in [0.25, 0.3) is 11.0 Å². The third-order valence-electron chi connectivity index (χ3n) is 6.05. The lowest BCUT2D eigenvalue weighted by Gasteiger charge is -2.25. The Balaban J connectivity index is 2.40. The van der Waals surface area contributed by atoms with Gasteiger partial charge in [0.25, 0.3) is 0 Å². The number of rotatable bonds is 14. The van der Waals surface area contributed by atoms with Gasteiger partial charge in [-0.2, -0.15) is 0 Å². The summed E-state index contributed by atoms with van der Waals surface area (Å²) in [4.78, 5) is 45.3. The van der Waals surface area contributed by atoms with Crippen LogP contribution in [-0.4, -0.2) is 88.3 Å². The molecule has 0 spiro atoms. The number of hydrogen-bond donors (Lipinski definition) is 4. The van der Waals surface area contributed by atoms with Crippen LogP contribution in [0.2, 0.25) is 0 Å². The van der Waals surface area contributed by atoms with E-state index in [1.54, 1.807) is 27.7 Å². The molecule has 1 aromatic carbocycles. The molecule has 2 aromatic rings. The van der Waals surface area contributed by atoms with Crippen molar-refractivity contribution in [1.29, 1.82) is 0 Å². The number of imidazole rings is 1. The zero-order valence-electron chi connectivity index (χ0n) is 24.7. The predicted octanol–water partition coefficient (Wildman–Crippen LogP) is 1.89. The zero-order chi connectivity index (χ0) is 30.0. The van der Waals surface area contributed by atoms with E-state index in [2.05, 4.69) is 10.6 Å². The molecule has 0 saturated carbocycles. The second-order valence-corrected chi connectivity index (χ2v) is 11.0. The molecular formula is C28H45N5O7. The summed E-state index contributed by atoms with van der Waals surface area (Å²) in [7, 11) is 1.81. The average Bonchev–Trinajstić information content (AvgIpc) is 3.16. The largest absolute Gasteiger partial charge is 0.464 e. The van der Waals surface area contributed by atoms with Gasteiger partial charge in [-0.3, -0.25) is 4.79 Å². The van der Waals surface area contributed by atoms with Crippen LogP contribution in [0.3, 0.4) is 0 Å². The van der Waals surface area contributed by atoms with Gasteiger partial charge in [0, 0.05) is 32.2 Å². The predicted molar refractivity (Wildman–Crippen MR) is 152 cm³/mol. The standard InChI is InChI=1S/C28H45N5O7/c1-8-39-26(37)22(15-18(2)3)30-25(36)21(31-27(38)40-28(4,5)6)17-24-29-20-16-19(9-10-23(20)32(24)7)33(11-13-34)12-14-35/h9-10,16,18,21-22,34-35H,8,11-15,17H2,1-7H3,(H,30,36)(H,31,38)/t21-,22-/m0/s1. The highest BCUT2D eigenvalue weighted by Crippen LogP contribution is 2.23. The van der Waals surface area contributed by atoms with Crippen molar-refractivity contribution in [3.8, 4) is 0 Å². The van der Waals surface area contributed by atoms with Crippen LogP contribution in [0.4, 0.5) is 10.5 Å². The third kappa shape index (κ3) is 9.67. The summed E-state index contributed by atoms with van der Waals surface area (Å²) in [5, 5.41) is 24.2. The van der Waals surface area contributed by atoms with Crippen LogP contribution in [-0.2, 0) is 32.5 Å². The molecule has 40 heavy (non-hydrogen) atoms. The first-order valence-corrected chi connectivity index (χ1v) is 13.7. The molecule has 4 N–H and O–H groups in total. The molecule has 1 heterocycles. The molecule has 1 aromatic heterocycles. The van der Waals surface area contributed by atoms with Crippen LogP contribution in [0.1, 0.15) is 53.8 Å². The Bertz CT molecular complexity index is 1140. The molecule has 2 rings (SSSR count). The number of carbonyl (C=O) groups is 3. The highest BCUT2D eigenvalue weighted by atomic mass is 16.6. The van der Waals surface area contributed by atoms with Crippen LogP contribution < -0.4 is 15.5 Å². The molecule has 0 aliphatic rings. The third-order valence-corrected chi connectivity index (χ3v) is 6.05. The van der Waals surface area contributed by atoms with Gasteiger partial charge in [-0.05, 0) is 58.2 Å². The van der Waals surface area contributed by atoms with Crippen molar-refractivity contribution in [3.63, 3.8) is 0 Å². The van der Waals surface area contributed by atoms with Crippen molar-refractivity contribution in [2.45, 2.75) is 72.1 Å². The molecule has 0 radical (unpaired) electrons. The number of nitrogens with zero attached hydrogens (tertiary/aromatic N) is 3. The molecule has 2 amide bonds. The van der Waals surface area contributed by atoms with E-state index < -0.39 is 35.7 Å². The summed E-state index contributed by atoms with van der Waals surface area (Å²) in [5.74, 6) is -0.464. The summed E-state index contributed by atoms with van der Waals surface area (Å²) in [6.07, 6.45) is -0.370. The molecule has 12 nitrogen and oxygen atoms in total. The number of alkyl carbamates (subject to hydrolysis) is 1. The monoisotopic (exact) mass is 563 g/mol. The number of anilines is 1. The number of ether oxygens (including phenoxy) is 2. The number of amides is 2. The highest BCUT2D eigenvalue weighted by molar-refractivity contribution is 5.90. The number of carbonyl (C=O) groups excluding carboxylic acids is 3. The van der Waals surface area contributed by atoms with Crippen molar-refractivity contribution in [3.05, 3.63) is 24.0 Å². The van der Waals surface area contributed by atoms with E-state index >= 15 is 0 Å². The van der Waals surface area contributed by atoms with E-state index in [4.69, 9.17) is 14.5 Å². The molecular weight excluding hydrogens is 518 g/mol. The number of benzene rings is 1. The number of esters is 1. The number of nitrogens with one attached hydrogen (secondary N) is 2. The van der Waals surface area contributed by atoms with Gasteiger partial charge in [0.05, 0.1) is 30.9 Å². The SMILES string of the molecule is CCOC(=O)[C@H](CC(C)C)NC(=O)[C@H](Cc1nc2cc(N(CCO)CCO)ccc2n1C)NC(=O)OC(C)(C)C. The molecule has 12 heteroatoms. The van der Waals surface area contributed by atoms with Crippen LogP contribution in [0, 0.1) is 5.92 Å². The minimum Gasteiger partial charge on any atom is -0.464 e. The van der Waals surface area contributed by atoms with Gasteiger partial charge < -0.3 is 39.8 Å². The molecule has 0 bridgehead atoms. The maximum Gasteiger partial charge on any atom is 0.408 e. The minimum atomic E-state index is -1.09. The Morgan fingerprint density at radius 1 is 1.07 bits per heavy atom. The molecule has 0 aliphatic carbocycles. The normalized spacial score (nSPS) is 13.2. The maximum absolute atomic E-state index is 13.5. The number of aliphatic hydroxyl groups is 2. The van der Waals surface area contributed by atoms with Gasteiger partial charge in [0.1, 0.15) is 23.5 Å². The fraction of sp³-hybridized carbons (Fsp3) is 0.643. The fourth-order valence-corrected chi connectivity index (χ4v) is 4.27. The van der Waals surface area contributed by atoms with E-state index in [1.807, 2.05) is 48.6 Å². The number of fused-ring (bicyclic) bond motifs is 1. The summed E-state index contributed by atoms with van der Waals surface area (Å²) in [6, 6.07) is 3.63. The summed E-state index contributed by atoms with van der Waals surface area (Å²) in [6.45, 7) is 11.5. The van der Waals surface area contributed by atoms with Gasteiger partial charge in [-0.25, -0.2) is 14.6 Å². The zero-order valence-corrected chi connectivity index (χ0v) is 24.7. The second-order valence-electron chi connectivity index (χ2n) is 11.0. The van der Waals surface area contributed by atoms with Gasteiger partial charge >= 0.3 is 12.1 Å². The van der Waals surface area contributed by atoms with E-state index in [9.17, 15) is 24.6 Å². The van der Waals surface area contributed by atoms with Crippen molar-refractivity contribution in [2.75, 3.05) is 37.8 Å². The van der Waals surface area contributed by atoms with Crippen LogP contribution in [0.5, 0.6) is 0 Å².